The molecule has 0 N–H and O–H groups in total. The Labute approximate surface area is 91.5 Å². The van der Waals surface area contributed by atoms with E-state index in [1.54, 1.807) is 6.08 Å². The second kappa shape index (κ2) is 7.21. The van der Waals surface area contributed by atoms with Crippen molar-refractivity contribution < 1.29 is 9.47 Å². The summed E-state index contributed by atoms with van der Waals surface area (Å²) in [6, 6.07) is 10.1. The van der Waals surface area contributed by atoms with Gasteiger partial charge in [-0.2, -0.15) is 0 Å². The third-order valence-corrected chi connectivity index (χ3v) is 2.05. The molecule has 0 aliphatic rings. The van der Waals surface area contributed by atoms with Crippen LogP contribution in [0.4, 0.5) is 0 Å². The Hall–Kier alpha value is -1.12. The highest BCUT2D eigenvalue weighted by Crippen LogP contribution is 2.00. The summed E-state index contributed by atoms with van der Waals surface area (Å²) in [5.41, 5.74) is 1.19. The highest BCUT2D eigenvalue weighted by atomic mass is 16.5. The monoisotopic (exact) mass is 206 g/mol. The van der Waals surface area contributed by atoms with Crippen molar-refractivity contribution in [2.24, 2.45) is 0 Å². The van der Waals surface area contributed by atoms with Gasteiger partial charge in [0.15, 0.2) is 0 Å². The summed E-state index contributed by atoms with van der Waals surface area (Å²) in [4.78, 5) is 0. The topological polar surface area (TPSA) is 18.5 Å². The fraction of sp³-hybridized carbons (Fsp3) is 0.385. The van der Waals surface area contributed by atoms with Gasteiger partial charge in [0.05, 0.1) is 25.9 Å². The first-order valence-corrected chi connectivity index (χ1v) is 5.18. The summed E-state index contributed by atoms with van der Waals surface area (Å²) in [6.45, 7) is 7.48. The maximum Gasteiger partial charge on any atom is 0.0726 e. The number of ether oxygens (including phenoxy) is 2. The van der Waals surface area contributed by atoms with Crippen LogP contribution in [-0.4, -0.2) is 19.3 Å². The lowest BCUT2D eigenvalue weighted by molar-refractivity contribution is 0.0237. The van der Waals surface area contributed by atoms with Crippen molar-refractivity contribution in [2.75, 3.05) is 13.2 Å². The van der Waals surface area contributed by atoms with Gasteiger partial charge in [0.2, 0.25) is 0 Å². The lowest BCUT2D eigenvalue weighted by atomic mass is 10.2. The zero-order chi connectivity index (χ0) is 10.9. The minimum absolute atomic E-state index is 0.102. The standard InChI is InChI=1S/C13H18O2/c1-3-12(2)15-10-9-14-11-13-7-5-4-6-8-13/h3-8,12H,1,9-11H2,2H3. The molecule has 1 atom stereocenters. The Morgan fingerprint density at radius 2 is 2.00 bits per heavy atom. The summed E-state index contributed by atoms with van der Waals surface area (Å²) in [7, 11) is 0. The molecule has 82 valence electrons. The van der Waals surface area contributed by atoms with Crippen molar-refractivity contribution in [3.05, 3.63) is 48.6 Å². The van der Waals surface area contributed by atoms with Gasteiger partial charge in [-0.25, -0.2) is 0 Å². The molecule has 0 bridgehead atoms. The molecule has 0 fully saturated rings. The van der Waals surface area contributed by atoms with Crippen LogP contribution in [0.15, 0.2) is 43.0 Å². The van der Waals surface area contributed by atoms with Crippen LogP contribution in [0.1, 0.15) is 12.5 Å². The first-order valence-electron chi connectivity index (χ1n) is 5.18. The lowest BCUT2D eigenvalue weighted by Gasteiger charge is -2.08. The summed E-state index contributed by atoms with van der Waals surface area (Å²) in [5.74, 6) is 0. The smallest absolute Gasteiger partial charge is 0.0726 e. The van der Waals surface area contributed by atoms with Crippen LogP contribution in [0.3, 0.4) is 0 Å². The van der Waals surface area contributed by atoms with Crippen LogP contribution in [0.5, 0.6) is 0 Å². The molecule has 0 heterocycles. The molecule has 0 aliphatic heterocycles. The molecule has 1 aromatic rings. The van der Waals surface area contributed by atoms with Gasteiger partial charge in [0.1, 0.15) is 0 Å². The maximum absolute atomic E-state index is 5.46. The fourth-order valence-corrected chi connectivity index (χ4v) is 1.13. The predicted octanol–water partition coefficient (Wildman–Crippen LogP) is 2.79. The highest BCUT2D eigenvalue weighted by Gasteiger charge is 1.95. The van der Waals surface area contributed by atoms with Gasteiger partial charge in [-0.3, -0.25) is 0 Å². The first kappa shape index (κ1) is 12.0. The van der Waals surface area contributed by atoms with E-state index in [1.807, 2.05) is 37.3 Å². The molecule has 0 aliphatic carbocycles. The van der Waals surface area contributed by atoms with Gasteiger partial charge < -0.3 is 9.47 Å². The summed E-state index contributed by atoms with van der Waals surface area (Å²) < 4.78 is 10.8. The molecular weight excluding hydrogens is 188 g/mol. The molecule has 0 saturated heterocycles. The zero-order valence-electron chi connectivity index (χ0n) is 9.19. The Morgan fingerprint density at radius 3 is 2.67 bits per heavy atom. The predicted molar refractivity (Wildman–Crippen MR) is 61.7 cm³/mol. The van der Waals surface area contributed by atoms with Crippen molar-refractivity contribution in [1.29, 1.82) is 0 Å². The van der Waals surface area contributed by atoms with E-state index in [0.717, 1.165) is 0 Å². The second-order valence-corrected chi connectivity index (χ2v) is 3.35. The van der Waals surface area contributed by atoms with E-state index in [-0.39, 0.29) is 6.10 Å². The average molecular weight is 206 g/mol. The molecule has 2 heteroatoms. The Morgan fingerprint density at radius 1 is 1.27 bits per heavy atom. The normalized spacial score (nSPS) is 12.3. The number of hydrogen-bond donors (Lipinski definition) is 0. The van der Waals surface area contributed by atoms with E-state index in [9.17, 15) is 0 Å². The maximum atomic E-state index is 5.46. The van der Waals surface area contributed by atoms with E-state index in [2.05, 4.69) is 6.58 Å². The molecular formula is C13H18O2. The van der Waals surface area contributed by atoms with E-state index in [0.29, 0.717) is 19.8 Å². The van der Waals surface area contributed by atoms with Crippen LogP contribution in [0.2, 0.25) is 0 Å². The Balaban J connectivity index is 2.05. The molecule has 1 rings (SSSR count). The number of rotatable bonds is 7. The largest absolute Gasteiger partial charge is 0.374 e. The molecule has 2 nitrogen and oxygen atoms in total. The van der Waals surface area contributed by atoms with Gasteiger partial charge in [0.25, 0.3) is 0 Å². The number of hydrogen-bond acceptors (Lipinski definition) is 2. The number of benzene rings is 1. The van der Waals surface area contributed by atoms with Gasteiger partial charge in [-0.1, -0.05) is 36.4 Å². The zero-order valence-corrected chi connectivity index (χ0v) is 9.19. The van der Waals surface area contributed by atoms with Crippen LogP contribution in [0.25, 0.3) is 0 Å². The van der Waals surface area contributed by atoms with E-state index >= 15 is 0 Å². The minimum Gasteiger partial charge on any atom is -0.374 e. The molecule has 0 saturated carbocycles. The molecule has 0 radical (unpaired) electrons. The van der Waals surface area contributed by atoms with Crippen molar-refractivity contribution in [3.8, 4) is 0 Å². The lowest BCUT2D eigenvalue weighted by Crippen LogP contribution is -2.10. The SMILES string of the molecule is C=CC(C)OCCOCc1ccccc1. The summed E-state index contributed by atoms with van der Waals surface area (Å²) in [5, 5.41) is 0. The average Bonchev–Trinajstić information content (AvgIpc) is 2.29. The highest BCUT2D eigenvalue weighted by molar-refractivity contribution is 5.13. The summed E-state index contributed by atoms with van der Waals surface area (Å²) >= 11 is 0. The van der Waals surface area contributed by atoms with Crippen LogP contribution >= 0.6 is 0 Å². The minimum atomic E-state index is 0.102. The van der Waals surface area contributed by atoms with Crippen LogP contribution in [0, 0.1) is 0 Å². The van der Waals surface area contributed by atoms with Crippen molar-refractivity contribution in [2.45, 2.75) is 19.6 Å². The quantitative estimate of drug-likeness (QED) is 0.504. The van der Waals surface area contributed by atoms with Crippen LogP contribution in [-0.2, 0) is 16.1 Å². The Kier molecular flexibility index (Phi) is 5.74. The van der Waals surface area contributed by atoms with Gasteiger partial charge in [-0.15, -0.1) is 6.58 Å². The van der Waals surface area contributed by atoms with E-state index in [4.69, 9.17) is 9.47 Å². The van der Waals surface area contributed by atoms with Crippen molar-refractivity contribution >= 4 is 0 Å². The van der Waals surface area contributed by atoms with Crippen molar-refractivity contribution in [1.82, 2.24) is 0 Å². The fourth-order valence-electron chi connectivity index (χ4n) is 1.13. The van der Waals surface area contributed by atoms with Crippen LogP contribution < -0.4 is 0 Å². The van der Waals surface area contributed by atoms with Gasteiger partial charge in [-0.05, 0) is 12.5 Å². The molecule has 0 aromatic heterocycles. The summed E-state index contributed by atoms with van der Waals surface area (Å²) in [6.07, 6.45) is 1.88. The van der Waals surface area contributed by atoms with E-state index < -0.39 is 0 Å². The first-order chi connectivity index (χ1) is 7.33. The molecule has 15 heavy (non-hydrogen) atoms. The molecule has 1 aromatic carbocycles. The molecule has 1 unspecified atom stereocenters. The van der Waals surface area contributed by atoms with E-state index in [1.165, 1.54) is 5.56 Å². The third-order valence-electron chi connectivity index (χ3n) is 2.05. The van der Waals surface area contributed by atoms with Crippen molar-refractivity contribution in [3.63, 3.8) is 0 Å². The molecule has 0 spiro atoms. The van der Waals surface area contributed by atoms with Gasteiger partial charge in [0, 0.05) is 0 Å². The Bertz CT molecular complexity index is 269. The third kappa shape index (κ3) is 5.35. The van der Waals surface area contributed by atoms with Gasteiger partial charge >= 0.3 is 0 Å². The molecule has 0 amide bonds. The second-order valence-electron chi connectivity index (χ2n) is 3.35.